The summed E-state index contributed by atoms with van der Waals surface area (Å²) in [7, 11) is 0. The highest BCUT2D eigenvalue weighted by atomic mass is 32.2. The lowest BCUT2D eigenvalue weighted by atomic mass is 10.3. The zero-order valence-electron chi connectivity index (χ0n) is 8.97. The van der Waals surface area contributed by atoms with Crippen molar-refractivity contribution in [3.05, 3.63) is 29.1 Å². The number of thiocarbonyl (C=S) groups is 1. The maximum atomic E-state index is 12.0. The molecule has 16 heavy (non-hydrogen) atoms. The zero-order valence-corrected chi connectivity index (χ0v) is 10.6. The molecule has 0 aliphatic carbocycles. The maximum Gasteiger partial charge on any atom is 0.266 e. The lowest BCUT2D eigenvalue weighted by molar-refractivity contribution is -0.123. The second kappa shape index (κ2) is 4.43. The van der Waals surface area contributed by atoms with Gasteiger partial charge in [0, 0.05) is 12.1 Å². The van der Waals surface area contributed by atoms with Gasteiger partial charge in [0.1, 0.15) is 10.1 Å². The SMILES string of the molecule is CC(C)N1C(=O)/C(=C/c2ccco2)SC1=S. The summed E-state index contributed by atoms with van der Waals surface area (Å²) >= 11 is 6.48. The van der Waals surface area contributed by atoms with E-state index in [1.165, 1.54) is 11.8 Å². The molecule has 2 heterocycles. The molecular formula is C11H11NO2S2. The monoisotopic (exact) mass is 253 g/mol. The molecule has 1 aromatic heterocycles. The fraction of sp³-hybridized carbons (Fsp3) is 0.273. The van der Waals surface area contributed by atoms with Crippen LogP contribution in [0, 0.1) is 0 Å². The predicted molar refractivity (Wildman–Crippen MR) is 68.9 cm³/mol. The van der Waals surface area contributed by atoms with Gasteiger partial charge in [-0.3, -0.25) is 9.69 Å². The van der Waals surface area contributed by atoms with E-state index < -0.39 is 0 Å². The van der Waals surface area contributed by atoms with E-state index in [1.54, 1.807) is 23.3 Å². The summed E-state index contributed by atoms with van der Waals surface area (Å²) in [6.45, 7) is 3.89. The number of carbonyl (C=O) groups is 1. The van der Waals surface area contributed by atoms with Crippen LogP contribution >= 0.6 is 24.0 Å². The van der Waals surface area contributed by atoms with Crippen molar-refractivity contribution in [1.82, 2.24) is 4.90 Å². The average molecular weight is 253 g/mol. The van der Waals surface area contributed by atoms with E-state index in [2.05, 4.69) is 0 Å². The Kier molecular flexibility index (Phi) is 3.16. The second-order valence-corrected chi connectivity index (χ2v) is 5.34. The van der Waals surface area contributed by atoms with Crippen molar-refractivity contribution >= 4 is 40.3 Å². The molecule has 1 saturated heterocycles. The molecule has 84 valence electrons. The van der Waals surface area contributed by atoms with E-state index in [1.807, 2.05) is 19.9 Å². The average Bonchev–Trinajstić information content (AvgIpc) is 2.76. The molecule has 2 rings (SSSR count). The topological polar surface area (TPSA) is 33.5 Å². The second-order valence-electron chi connectivity index (χ2n) is 3.66. The summed E-state index contributed by atoms with van der Waals surface area (Å²) in [4.78, 5) is 14.2. The first kappa shape index (κ1) is 11.4. The summed E-state index contributed by atoms with van der Waals surface area (Å²) in [6.07, 6.45) is 3.30. The summed E-state index contributed by atoms with van der Waals surface area (Å²) in [5.74, 6) is 0.630. The maximum absolute atomic E-state index is 12.0. The first-order valence-corrected chi connectivity index (χ1v) is 6.12. The molecule has 1 aliphatic rings. The molecule has 0 spiro atoms. The van der Waals surface area contributed by atoms with E-state index >= 15 is 0 Å². The molecule has 0 radical (unpaired) electrons. The summed E-state index contributed by atoms with van der Waals surface area (Å²) < 4.78 is 5.78. The minimum atomic E-state index is -0.0404. The van der Waals surface area contributed by atoms with Crippen LogP contribution in [0.15, 0.2) is 27.7 Å². The number of hydrogen-bond acceptors (Lipinski definition) is 4. The fourth-order valence-corrected chi connectivity index (χ4v) is 2.93. The Morgan fingerprint density at radius 3 is 2.81 bits per heavy atom. The Balaban J connectivity index is 2.27. The van der Waals surface area contributed by atoms with E-state index in [9.17, 15) is 4.79 Å². The number of amides is 1. The van der Waals surface area contributed by atoms with Crippen molar-refractivity contribution in [2.24, 2.45) is 0 Å². The van der Waals surface area contributed by atoms with E-state index in [4.69, 9.17) is 16.6 Å². The third kappa shape index (κ3) is 2.05. The third-order valence-corrected chi connectivity index (χ3v) is 3.49. The van der Waals surface area contributed by atoms with Crippen LogP contribution in [0.1, 0.15) is 19.6 Å². The van der Waals surface area contributed by atoms with Crippen LogP contribution in [-0.2, 0) is 4.79 Å². The van der Waals surface area contributed by atoms with Crippen LogP contribution in [0.5, 0.6) is 0 Å². The van der Waals surface area contributed by atoms with Crippen LogP contribution in [-0.4, -0.2) is 21.2 Å². The minimum Gasteiger partial charge on any atom is -0.465 e. The van der Waals surface area contributed by atoms with Gasteiger partial charge in [0.15, 0.2) is 0 Å². The highest BCUT2D eigenvalue weighted by Crippen LogP contribution is 2.33. The molecule has 0 N–H and O–H groups in total. The van der Waals surface area contributed by atoms with Gasteiger partial charge in [-0.2, -0.15) is 0 Å². The molecule has 1 fully saturated rings. The van der Waals surface area contributed by atoms with Gasteiger partial charge in [-0.15, -0.1) is 0 Å². The van der Waals surface area contributed by atoms with Gasteiger partial charge in [-0.05, 0) is 26.0 Å². The molecule has 0 saturated carbocycles. The van der Waals surface area contributed by atoms with Gasteiger partial charge < -0.3 is 4.42 Å². The van der Waals surface area contributed by atoms with Crippen molar-refractivity contribution in [2.75, 3.05) is 0 Å². The highest BCUT2D eigenvalue weighted by molar-refractivity contribution is 8.26. The first-order chi connectivity index (χ1) is 7.59. The standard InChI is InChI=1S/C11H11NO2S2/c1-7(2)12-10(13)9(16-11(12)15)6-8-4-3-5-14-8/h3-7H,1-2H3/b9-6-. The van der Waals surface area contributed by atoms with Gasteiger partial charge in [0.05, 0.1) is 11.2 Å². The largest absolute Gasteiger partial charge is 0.465 e. The molecular weight excluding hydrogens is 242 g/mol. The zero-order chi connectivity index (χ0) is 11.7. The van der Waals surface area contributed by atoms with Crippen molar-refractivity contribution in [2.45, 2.75) is 19.9 Å². The van der Waals surface area contributed by atoms with Crippen molar-refractivity contribution in [3.8, 4) is 0 Å². The third-order valence-electron chi connectivity index (χ3n) is 2.16. The molecule has 0 bridgehead atoms. The Bertz CT molecular complexity index is 449. The summed E-state index contributed by atoms with van der Waals surface area (Å²) in [5, 5.41) is 0. The smallest absolute Gasteiger partial charge is 0.266 e. The minimum absolute atomic E-state index is 0.0404. The normalized spacial score (nSPS) is 19.2. The fourth-order valence-electron chi connectivity index (χ4n) is 1.43. The van der Waals surface area contributed by atoms with Gasteiger partial charge in [-0.1, -0.05) is 24.0 Å². The van der Waals surface area contributed by atoms with Crippen LogP contribution < -0.4 is 0 Å². The van der Waals surface area contributed by atoms with Gasteiger partial charge >= 0.3 is 0 Å². The number of thioether (sulfide) groups is 1. The predicted octanol–water partition coefficient (Wildman–Crippen LogP) is 2.89. The number of rotatable bonds is 2. The molecule has 0 aromatic carbocycles. The number of furan rings is 1. The van der Waals surface area contributed by atoms with Crippen LogP contribution in [0.3, 0.4) is 0 Å². The van der Waals surface area contributed by atoms with E-state index in [0.717, 1.165) is 0 Å². The Morgan fingerprint density at radius 2 is 2.31 bits per heavy atom. The van der Waals surface area contributed by atoms with Gasteiger partial charge in [0.2, 0.25) is 0 Å². The van der Waals surface area contributed by atoms with Crippen LogP contribution in [0.25, 0.3) is 6.08 Å². The lowest BCUT2D eigenvalue weighted by Gasteiger charge is -2.18. The molecule has 1 aromatic rings. The lowest BCUT2D eigenvalue weighted by Crippen LogP contribution is -2.34. The van der Waals surface area contributed by atoms with E-state index in [-0.39, 0.29) is 11.9 Å². The van der Waals surface area contributed by atoms with Crippen molar-refractivity contribution in [3.63, 3.8) is 0 Å². The molecule has 1 aliphatic heterocycles. The van der Waals surface area contributed by atoms with Gasteiger partial charge in [-0.25, -0.2) is 0 Å². The Morgan fingerprint density at radius 1 is 1.56 bits per heavy atom. The summed E-state index contributed by atoms with van der Waals surface area (Å²) in [5.41, 5.74) is 0. The highest BCUT2D eigenvalue weighted by Gasteiger charge is 2.33. The number of hydrogen-bond donors (Lipinski definition) is 0. The molecule has 0 atom stereocenters. The van der Waals surface area contributed by atoms with Crippen LogP contribution in [0.2, 0.25) is 0 Å². The number of carbonyl (C=O) groups excluding carboxylic acids is 1. The van der Waals surface area contributed by atoms with Crippen LogP contribution in [0.4, 0.5) is 0 Å². The Hall–Kier alpha value is -1.07. The quantitative estimate of drug-likeness (QED) is 0.599. The number of nitrogens with zero attached hydrogens (tertiary/aromatic N) is 1. The molecule has 0 unspecified atom stereocenters. The molecule has 1 amide bonds. The molecule has 5 heteroatoms. The Labute approximate surface area is 103 Å². The van der Waals surface area contributed by atoms with Crippen molar-refractivity contribution < 1.29 is 9.21 Å². The molecule has 3 nitrogen and oxygen atoms in total. The first-order valence-electron chi connectivity index (χ1n) is 4.90. The van der Waals surface area contributed by atoms with E-state index in [0.29, 0.717) is 15.0 Å². The van der Waals surface area contributed by atoms with Gasteiger partial charge in [0.25, 0.3) is 5.91 Å². The van der Waals surface area contributed by atoms with Crippen molar-refractivity contribution in [1.29, 1.82) is 0 Å². The summed E-state index contributed by atoms with van der Waals surface area (Å²) in [6, 6.07) is 3.69.